The molecule has 0 radical (unpaired) electrons. The molecule has 0 aromatic heterocycles. The van der Waals surface area contributed by atoms with Gasteiger partial charge in [0.05, 0.1) is 0 Å². The van der Waals surface area contributed by atoms with Crippen LogP contribution in [0.1, 0.15) is 34.9 Å². The summed E-state index contributed by atoms with van der Waals surface area (Å²) in [4.78, 5) is 2.24. The minimum absolute atomic E-state index is 0.162. The Kier molecular flexibility index (Phi) is 3.58. The summed E-state index contributed by atoms with van der Waals surface area (Å²) in [5.74, 6) is 0.804. The van der Waals surface area contributed by atoms with Crippen molar-refractivity contribution in [3.05, 3.63) is 71.0 Å². The maximum atomic E-state index is 13.1. The van der Waals surface area contributed by atoms with E-state index in [0.717, 1.165) is 13.0 Å². The predicted molar refractivity (Wildman–Crippen MR) is 80.6 cm³/mol. The third-order valence-corrected chi connectivity index (χ3v) is 4.19. The van der Waals surface area contributed by atoms with E-state index in [1.54, 1.807) is 12.1 Å². The van der Waals surface area contributed by atoms with Crippen molar-refractivity contribution < 1.29 is 4.39 Å². The number of likely N-dealkylation sites (N-methyl/N-ethyl adjacent to an activating group) is 1. The molecule has 0 heterocycles. The first-order valence-corrected chi connectivity index (χ1v) is 7.14. The smallest absolute Gasteiger partial charge is 0.123 e. The third kappa shape index (κ3) is 2.48. The summed E-state index contributed by atoms with van der Waals surface area (Å²) >= 11 is 0. The molecule has 104 valence electrons. The average Bonchev–Trinajstić information content (AvgIpc) is 2.78. The molecule has 2 atom stereocenters. The Balaban J connectivity index is 1.96. The molecule has 20 heavy (non-hydrogen) atoms. The van der Waals surface area contributed by atoms with E-state index in [1.165, 1.54) is 16.7 Å². The number of hydrogen-bond donors (Lipinski definition) is 0. The molecule has 3 rings (SSSR count). The van der Waals surface area contributed by atoms with E-state index in [4.69, 9.17) is 0 Å². The standard InChI is InChI=1S/C18H20FN/c1-20(2)12-14-11-18(13-7-9-15(19)10-8-13)17-6-4-3-5-16(14)17/h3-10,14,18H,11-12H2,1-2H3/t14-,18+/m1/s1. The topological polar surface area (TPSA) is 3.24 Å². The molecule has 0 saturated carbocycles. The highest BCUT2D eigenvalue weighted by Gasteiger charge is 2.31. The van der Waals surface area contributed by atoms with E-state index >= 15 is 0 Å². The summed E-state index contributed by atoms with van der Waals surface area (Å²) in [5.41, 5.74) is 4.08. The van der Waals surface area contributed by atoms with E-state index in [9.17, 15) is 4.39 Å². The fourth-order valence-corrected chi connectivity index (χ4v) is 3.36. The van der Waals surface area contributed by atoms with E-state index in [-0.39, 0.29) is 5.82 Å². The number of rotatable bonds is 3. The van der Waals surface area contributed by atoms with Gasteiger partial charge in [0.1, 0.15) is 5.82 Å². The molecule has 1 aliphatic rings. The normalized spacial score (nSPS) is 21.2. The van der Waals surface area contributed by atoms with Crippen molar-refractivity contribution >= 4 is 0 Å². The van der Waals surface area contributed by atoms with Crippen molar-refractivity contribution in [2.45, 2.75) is 18.3 Å². The molecule has 0 unspecified atom stereocenters. The summed E-state index contributed by atoms with van der Waals surface area (Å²) in [6, 6.07) is 15.7. The Morgan fingerprint density at radius 1 is 1.00 bits per heavy atom. The van der Waals surface area contributed by atoms with Crippen molar-refractivity contribution in [1.82, 2.24) is 4.90 Å². The molecule has 2 heteroatoms. The Morgan fingerprint density at radius 3 is 2.30 bits per heavy atom. The molecule has 0 N–H and O–H groups in total. The van der Waals surface area contributed by atoms with Crippen LogP contribution >= 0.6 is 0 Å². The zero-order valence-corrected chi connectivity index (χ0v) is 12.0. The van der Waals surface area contributed by atoms with Gasteiger partial charge in [-0.3, -0.25) is 0 Å². The van der Waals surface area contributed by atoms with E-state index in [1.807, 2.05) is 12.1 Å². The monoisotopic (exact) mass is 269 g/mol. The number of fused-ring (bicyclic) bond motifs is 1. The van der Waals surface area contributed by atoms with Crippen LogP contribution in [-0.4, -0.2) is 25.5 Å². The van der Waals surface area contributed by atoms with Crippen LogP contribution in [0, 0.1) is 5.82 Å². The first kappa shape index (κ1) is 13.3. The Labute approximate surface area is 120 Å². The zero-order valence-electron chi connectivity index (χ0n) is 12.0. The number of hydrogen-bond acceptors (Lipinski definition) is 1. The lowest BCUT2D eigenvalue weighted by Crippen LogP contribution is -2.19. The summed E-state index contributed by atoms with van der Waals surface area (Å²) in [6.45, 7) is 1.06. The Hall–Kier alpha value is -1.67. The largest absolute Gasteiger partial charge is 0.309 e. The van der Waals surface area contributed by atoms with Crippen LogP contribution in [0.3, 0.4) is 0 Å². The van der Waals surface area contributed by atoms with Gasteiger partial charge in [-0.05, 0) is 55.3 Å². The number of benzene rings is 2. The molecule has 1 nitrogen and oxygen atoms in total. The van der Waals surface area contributed by atoms with Gasteiger partial charge in [-0.15, -0.1) is 0 Å². The van der Waals surface area contributed by atoms with Gasteiger partial charge in [0.15, 0.2) is 0 Å². The highest BCUT2D eigenvalue weighted by Crippen LogP contribution is 2.45. The van der Waals surface area contributed by atoms with Crippen LogP contribution in [0.15, 0.2) is 48.5 Å². The molecular weight excluding hydrogens is 249 g/mol. The SMILES string of the molecule is CN(C)C[C@H]1C[C@@H](c2ccc(F)cc2)c2ccccc21. The molecule has 2 aromatic carbocycles. The van der Waals surface area contributed by atoms with Gasteiger partial charge in [0.2, 0.25) is 0 Å². The van der Waals surface area contributed by atoms with Gasteiger partial charge in [-0.1, -0.05) is 36.4 Å². The summed E-state index contributed by atoms with van der Waals surface area (Å²) in [7, 11) is 4.24. The van der Waals surface area contributed by atoms with Crippen LogP contribution in [0.4, 0.5) is 4.39 Å². The van der Waals surface area contributed by atoms with Gasteiger partial charge in [0, 0.05) is 12.5 Å². The molecule has 0 aliphatic heterocycles. The maximum absolute atomic E-state index is 13.1. The first-order valence-electron chi connectivity index (χ1n) is 7.14. The first-order chi connectivity index (χ1) is 9.65. The second kappa shape index (κ2) is 5.37. The van der Waals surface area contributed by atoms with Gasteiger partial charge in [-0.2, -0.15) is 0 Å². The predicted octanol–water partition coefficient (Wildman–Crippen LogP) is 4.01. The fourth-order valence-electron chi connectivity index (χ4n) is 3.36. The van der Waals surface area contributed by atoms with Crippen LogP contribution in [0.5, 0.6) is 0 Å². The molecule has 1 aliphatic carbocycles. The summed E-state index contributed by atoms with van der Waals surface area (Å²) in [6.07, 6.45) is 1.11. The van der Waals surface area contributed by atoms with E-state index < -0.39 is 0 Å². The highest BCUT2D eigenvalue weighted by molar-refractivity contribution is 5.44. The Morgan fingerprint density at radius 2 is 1.65 bits per heavy atom. The summed E-state index contributed by atoms with van der Waals surface area (Å²) < 4.78 is 13.1. The highest BCUT2D eigenvalue weighted by atomic mass is 19.1. The summed E-state index contributed by atoms with van der Waals surface area (Å²) in [5, 5.41) is 0. The lowest BCUT2D eigenvalue weighted by Gasteiger charge is -2.17. The fraction of sp³-hybridized carbons (Fsp3) is 0.333. The molecule has 0 fully saturated rings. The zero-order chi connectivity index (χ0) is 14.1. The third-order valence-electron chi connectivity index (χ3n) is 4.19. The van der Waals surface area contributed by atoms with Gasteiger partial charge in [0.25, 0.3) is 0 Å². The quantitative estimate of drug-likeness (QED) is 0.814. The minimum Gasteiger partial charge on any atom is -0.309 e. The minimum atomic E-state index is -0.162. The van der Waals surface area contributed by atoms with Crippen molar-refractivity contribution in [2.24, 2.45) is 0 Å². The van der Waals surface area contributed by atoms with Crippen LogP contribution < -0.4 is 0 Å². The number of halogens is 1. The molecule has 0 bridgehead atoms. The van der Waals surface area contributed by atoms with Crippen molar-refractivity contribution in [3.63, 3.8) is 0 Å². The molecule has 0 amide bonds. The molecule has 0 saturated heterocycles. The molecule has 0 spiro atoms. The lowest BCUT2D eigenvalue weighted by molar-refractivity contribution is 0.368. The van der Waals surface area contributed by atoms with Gasteiger partial charge < -0.3 is 4.90 Å². The van der Waals surface area contributed by atoms with Gasteiger partial charge >= 0.3 is 0 Å². The molecule has 2 aromatic rings. The van der Waals surface area contributed by atoms with Crippen molar-refractivity contribution in [3.8, 4) is 0 Å². The lowest BCUT2D eigenvalue weighted by atomic mass is 9.92. The van der Waals surface area contributed by atoms with Crippen molar-refractivity contribution in [1.29, 1.82) is 0 Å². The van der Waals surface area contributed by atoms with Crippen LogP contribution in [-0.2, 0) is 0 Å². The van der Waals surface area contributed by atoms with E-state index in [0.29, 0.717) is 11.8 Å². The maximum Gasteiger partial charge on any atom is 0.123 e. The number of nitrogens with zero attached hydrogens (tertiary/aromatic N) is 1. The van der Waals surface area contributed by atoms with E-state index in [2.05, 4.69) is 43.3 Å². The van der Waals surface area contributed by atoms with Crippen molar-refractivity contribution in [2.75, 3.05) is 20.6 Å². The van der Waals surface area contributed by atoms with Crippen LogP contribution in [0.2, 0.25) is 0 Å². The average molecular weight is 269 g/mol. The Bertz CT molecular complexity index is 589. The molecular formula is C18H20FN. The second-order valence-electron chi connectivity index (χ2n) is 5.93. The van der Waals surface area contributed by atoms with Gasteiger partial charge in [-0.25, -0.2) is 4.39 Å². The van der Waals surface area contributed by atoms with Crippen LogP contribution in [0.25, 0.3) is 0 Å². The second-order valence-corrected chi connectivity index (χ2v) is 5.93.